The lowest BCUT2D eigenvalue weighted by atomic mass is 9.96. The number of carbonyl (C=O) groups is 1. The van der Waals surface area contributed by atoms with E-state index in [1.54, 1.807) is 0 Å². The smallest absolute Gasteiger partial charge is 0.220 e. The number of carbonyl (C=O) groups excluding carboxylic acids is 1. The summed E-state index contributed by atoms with van der Waals surface area (Å²) in [7, 11) is 0. The number of nitrogens with one attached hydrogen (secondary N) is 1. The second kappa shape index (κ2) is 64.4. The highest BCUT2D eigenvalue weighted by atomic mass is 16.8. The quantitative estimate of drug-likeness (QED) is 0.0199. The zero-order valence-corrected chi connectivity index (χ0v) is 64.9. The van der Waals surface area contributed by atoms with E-state index in [1.807, 2.05) is 0 Å². The molecule has 3 aliphatic rings. The van der Waals surface area contributed by atoms with Crippen LogP contribution in [-0.2, 0) is 33.2 Å². The normalized spacial score (nSPS) is 26.1. The SMILES string of the molecule is CCCCCCCCCC/C=C\CCCCCCCCCCCCCCCCCCCCCCCCCCCC(=O)NC(COC1OC(CO)C(OC2OC(CO)C(OC3OC(CO)C(O)C(O)C3O)C(O)C2O)C(O)C1O)C(O)CCCCCCCCCCCCCCCCCCCCCC. The van der Waals surface area contributed by atoms with Gasteiger partial charge < -0.3 is 89.9 Å². The van der Waals surface area contributed by atoms with Crippen LogP contribution in [0, 0.1) is 0 Å². The number of allylic oxidation sites excluding steroid dienone is 2. The van der Waals surface area contributed by atoms with E-state index >= 15 is 0 Å². The van der Waals surface area contributed by atoms with Crippen molar-refractivity contribution in [3.05, 3.63) is 12.2 Å². The molecule has 0 aliphatic carbocycles. The van der Waals surface area contributed by atoms with Crippen LogP contribution in [-0.4, -0.2) is 193 Å². The maximum atomic E-state index is 13.5. The molecule has 1 amide bonds. The van der Waals surface area contributed by atoms with Gasteiger partial charge in [-0.1, -0.05) is 347 Å². The Kier molecular flexibility index (Phi) is 59.8. The molecule has 0 aromatic rings. The van der Waals surface area contributed by atoms with E-state index in [-0.39, 0.29) is 18.9 Å². The van der Waals surface area contributed by atoms with Crippen molar-refractivity contribution >= 4 is 5.91 Å². The molecule has 604 valence electrons. The van der Waals surface area contributed by atoms with Crippen LogP contribution in [0.2, 0.25) is 0 Å². The summed E-state index contributed by atoms with van der Waals surface area (Å²) in [5.41, 5.74) is 0. The van der Waals surface area contributed by atoms with Gasteiger partial charge in [-0.3, -0.25) is 4.79 Å². The molecule has 3 aliphatic heterocycles. The van der Waals surface area contributed by atoms with Gasteiger partial charge in [-0.25, -0.2) is 0 Å². The van der Waals surface area contributed by atoms with E-state index in [0.29, 0.717) is 12.8 Å². The van der Waals surface area contributed by atoms with E-state index in [0.717, 1.165) is 44.9 Å². The lowest BCUT2D eigenvalue weighted by Crippen LogP contribution is -2.66. The fraction of sp³-hybridized carbons (Fsp3) is 0.964. The Morgan fingerprint density at radius 3 is 0.951 bits per heavy atom. The third kappa shape index (κ3) is 43.7. The first-order valence-electron chi connectivity index (χ1n) is 42.9. The summed E-state index contributed by atoms with van der Waals surface area (Å²) >= 11 is 0. The molecule has 17 unspecified atom stereocenters. The van der Waals surface area contributed by atoms with Crippen molar-refractivity contribution in [2.24, 2.45) is 0 Å². The Morgan fingerprint density at radius 1 is 0.343 bits per heavy atom. The summed E-state index contributed by atoms with van der Waals surface area (Å²) in [6.45, 7) is 1.87. The number of rotatable bonds is 70. The van der Waals surface area contributed by atoms with Gasteiger partial charge in [0, 0.05) is 6.42 Å². The molecule has 0 spiro atoms. The molecule has 0 aromatic heterocycles. The summed E-state index contributed by atoms with van der Waals surface area (Å²) in [5.74, 6) is -0.233. The van der Waals surface area contributed by atoms with E-state index < -0.39 is 124 Å². The largest absolute Gasteiger partial charge is 0.394 e. The average molecular weight is 1460 g/mol. The molecule has 12 N–H and O–H groups in total. The van der Waals surface area contributed by atoms with E-state index in [1.165, 1.54) is 302 Å². The number of unbranched alkanes of at least 4 members (excludes halogenated alkanes) is 52. The monoisotopic (exact) mass is 1460 g/mol. The van der Waals surface area contributed by atoms with Gasteiger partial charge in [0.05, 0.1) is 38.6 Å². The fourth-order valence-electron chi connectivity index (χ4n) is 15.0. The molecule has 0 aromatic carbocycles. The van der Waals surface area contributed by atoms with Crippen LogP contribution in [0.25, 0.3) is 0 Å². The van der Waals surface area contributed by atoms with Gasteiger partial charge in [-0.05, 0) is 38.5 Å². The fourth-order valence-corrected chi connectivity index (χ4v) is 15.0. The predicted molar refractivity (Wildman–Crippen MR) is 407 cm³/mol. The van der Waals surface area contributed by atoms with E-state index in [4.69, 9.17) is 28.4 Å². The predicted octanol–water partition coefficient (Wildman–Crippen LogP) is 15.1. The van der Waals surface area contributed by atoms with Crippen LogP contribution in [0.15, 0.2) is 12.2 Å². The number of ether oxygens (including phenoxy) is 6. The molecule has 0 saturated carbocycles. The Balaban J connectivity index is 1.30. The molecule has 3 saturated heterocycles. The molecule has 3 rings (SSSR count). The highest BCUT2D eigenvalue weighted by Gasteiger charge is 2.54. The van der Waals surface area contributed by atoms with Gasteiger partial charge in [0.1, 0.15) is 73.2 Å². The lowest BCUT2D eigenvalue weighted by Gasteiger charge is -2.48. The number of hydrogen-bond acceptors (Lipinski definition) is 18. The third-order valence-electron chi connectivity index (χ3n) is 21.8. The second-order valence-corrected chi connectivity index (χ2v) is 31.0. The van der Waals surface area contributed by atoms with E-state index in [2.05, 4.69) is 31.3 Å². The molecule has 19 heteroatoms. The first-order chi connectivity index (χ1) is 49.8. The zero-order valence-electron chi connectivity index (χ0n) is 64.9. The van der Waals surface area contributed by atoms with Crippen LogP contribution >= 0.6 is 0 Å². The summed E-state index contributed by atoms with van der Waals surface area (Å²) in [6, 6.07) is -0.884. The summed E-state index contributed by atoms with van der Waals surface area (Å²) in [6.07, 6.45) is 50.4. The van der Waals surface area contributed by atoms with Gasteiger partial charge in [0.2, 0.25) is 5.91 Å². The molecule has 3 fully saturated rings. The van der Waals surface area contributed by atoms with Crippen molar-refractivity contribution < 1.29 is 89.4 Å². The van der Waals surface area contributed by atoms with Crippen molar-refractivity contribution in [1.29, 1.82) is 0 Å². The zero-order chi connectivity index (χ0) is 73.9. The van der Waals surface area contributed by atoms with Crippen molar-refractivity contribution in [2.45, 2.75) is 484 Å². The van der Waals surface area contributed by atoms with Crippen LogP contribution in [0.1, 0.15) is 380 Å². The van der Waals surface area contributed by atoms with E-state index in [9.17, 15) is 61.0 Å². The van der Waals surface area contributed by atoms with Crippen molar-refractivity contribution in [2.75, 3.05) is 26.4 Å². The molecule has 17 atom stereocenters. The minimum Gasteiger partial charge on any atom is -0.394 e. The van der Waals surface area contributed by atoms with Crippen molar-refractivity contribution in [3.8, 4) is 0 Å². The Bertz CT molecular complexity index is 1890. The average Bonchev–Trinajstić information content (AvgIpc) is 0.778. The van der Waals surface area contributed by atoms with Crippen LogP contribution in [0.4, 0.5) is 0 Å². The Labute approximate surface area is 620 Å². The minimum absolute atomic E-state index is 0.233. The number of aliphatic hydroxyl groups excluding tert-OH is 11. The maximum absolute atomic E-state index is 13.5. The highest BCUT2D eigenvalue weighted by Crippen LogP contribution is 2.34. The molecular weight excluding hydrogens is 1300 g/mol. The molecule has 3 heterocycles. The minimum atomic E-state index is -1.97. The highest BCUT2D eigenvalue weighted by molar-refractivity contribution is 5.76. The summed E-state index contributed by atoms with van der Waals surface area (Å²) in [4.78, 5) is 13.5. The summed E-state index contributed by atoms with van der Waals surface area (Å²) < 4.78 is 34.5. The van der Waals surface area contributed by atoms with Gasteiger partial charge >= 0.3 is 0 Å². The van der Waals surface area contributed by atoms with Gasteiger partial charge in [0.15, 0.2) is 18.9 Å². The van der Waals surface area contributed by atoms with Gasteiger partial charge in [-0.15, -0.1) is 0 Å². The number of amides is 1. The molecule has 0 radical (unpaired) electrons. The van der Waals surface area contributed by atoms with Gasteiger partial charge in [-0.2, -0.15) is 0 Å². The standard InChI is InChI=1S/C83H159NO18/c1-3-5-7-9-11-13-15-17-19-21-23-25-26-27-28-29-30-31-32-33-34-35-36-37-38-39-40-41-43-45-47-49-51-53-55-57-59-61-71(89)84-66(67(88)60-58-56-54-52-50-48-46-44-42-24-22-20-18-16-14-12-10-8-6-4-2)65-97-81-77(95)74(92)79(69(63-86)99-81)102-83-78(96)75(93)80(70(64-87)100-83)101-82-76(94)73(91)72(90)68(62-85)98-82/h21,23,66-70,72-83,85-88,90-96H,3-20,22,24-65H2,1-2H3,(H,84,89)/b23-21-. The van der Waals surface area contributed by atoms with Crippen molar-refractivity contribution in [3.63, 3.8) is 0 Å². The molecular formula is C83H159NO18. The number of aliphatic hydroxyl groups is 11. The van der Waals surface area contributed by atoms with Crippen LogP contribution in [0.3, 0.4) is 0 Å². The molecule has 102 heavy (non-hydrogen) atoms. The molecule has 19 nitrogen and oxygen atoms in total. The van der Waals surface area contributed by atoms with Crippen LogP contribution < -0.4 is 5.32 Å². The first-order valence-corrected chi connectivity index (χ1v) is 42.9. The van der Waals surface area contributed by atoms with Crippen LogP contribution in [0.5, 0.6) is 0 Å². The summed E-state index contributed by atoms with van der Waals surface area (Å²) in [5, 5.41) is 121. The van der Waals surface area contributed by atoms with Crippen molar-refractivity contribution in [1.82, 2.24) is 5.32 Å². The van der Waals surface area contributed by atoms with Gasteiger partial charge in [0.25, 0.3) is 0 Å². The molecule has 0 bridgehead atoms. The lowest BCUT2D eigenvalue weighted by molar-refractivity contribution is -0.379. The maximum Gasteiger partial charge on any atom is 0.220 e. The first kappa shape index (κ1) is 94.7. The number of hydrogen-bond donors (Lipinski definition) is 12. The third-order valence-corrected chi connectivity index (χ3v) is 21.8. The Morgan fingerprint density at radius 2 is 0.618 bits per heavy atom. The topological polar surface area (TPSA) is 307 Å². The Hall–Kier alpha value is -1.47. The second-order valence-electron chi connectivity index (χ2n) is 31.0.